The quantitative estimate of drug-likeness (QED) is 0.809. The van der Waals surface area contributed by atoms with Crippen LogP contribution < -0.4 is 10.2 Å². The van der Waals surface area contributed by atoms with Crippen LogP contribution in [0.5, 0.6) is 0 Å². The van der Waals surface area contributed by atoms with Crippen molar-refractivity contribution in [3.05, 3.63) is 29.8 Å². The van der Waals surface area contributed by atoms with Crippen LogP contribution in [0.4, 0.5) is 0 Å². The standard InChI is InChI=1S/C16H24N2OS/c1-3-10-18-11-8-14(9-12-18)17-16(19)13-4-6-15(20-2)7-5-13/h4-7,14H,3,8-12H2,1-2H3,(H,17,19)/p+1. The maximum Gasteiger partial charge on any atom is 0.251 e. The normalized spacial score (nSPS) is 22.5. The molecule has 1 fully saturated rings. The number of amides is 1. The van der Waals surface area contributed by atoms with Crippen molar-refractivity contribution in [2.75, 3.05) is 25.9 Å². The lowest BCUT2D eigenvalue weighted by atomic mass is 10.0. The summed E-state index contributed by atoms with van der Waals surface area (Å²) in [7, 11) is 0. The van der Waals surface area contributed by atoms with Crippen LogP contribution in [-0.2, 0) is 0 Å². The fourth-order valence-corrected chi connectivity index (χ4v) is 3.19. The first-order chi connectivity index (χ1) is 9.72. The summed E-state index contributed by atoms with van der Waals surface area (Å²) in [4.78, 5) is 15.1. The molecule has 4 heteroatoms. The lowest BCUT2D eigenvalue weighted by molar-refractivity contribution is -0.905. The molecule has 0 bridgehead atoms. The summed E-state index contributed by atoms with van der Waals surface area (Å²) in [5.41, 5.74) is 0.770. The van der Waals surface area contributed by atoms with E-state index in [1.165, 1.54) is 31.0 Å². The molecule has 110 valence electrons. The van der Waals surface area contributed by atoms with E-state index < -0.39 is 0 Å². The second-order valence-electron chi connectivity index (χ2n) is 5.48. The zero-order chi connectivity index (χ0) is 14.4. The van der Waals surface area contributed by atoms with E-state index in [0.29, 0.717) is 6.04 Å². The molecule has 2 N–H and O–H groups in total. The fraction of sp³-hybridized carbons (Fsp3) is 0.562. The Bertz CT molecular complexity index is 425. The van der Waals surface area contributed by atoms with Crippen molar-refractivity contribution < 1.29 is 9.69 Å². The Morgan fingerprint density at radius 2 is 1.95 bits per heavy atom. The molecule has 0 saturated carbocycles. The molecule has 1 heterocycles. The molecule has 0 unspecified atom stereocenters. The van der Waals surface area contributed by atoms with Gasteiger partial charge < -0.3 is 10.2 Å². The molecule has 0 radical (unpaired) electrons. The third-order valence-electron chi connectivity index (χ3n) is 3.98. The van der Waals surface area contributed by atoms with E-state index >= 15 is 0 Å². The number of thioether (sulfide) groups is 1. The van der Waals surface area contributed by atoms with Gasteiger partial charge in [0.1, 0.15) is 0 Å². The first-order valence-electron chi connectivity index (χ1n) is 7.51. The zero-order valence-corrected chi connectivity index (χ0v) is 13.3. The Morgan fingerprint density at radius 3 is 2.50 bits per heavy atom. The molecule has 0 aromatic heterocycles. The first-order valence-corrected chi connectivity index (χ1v) is 8.74. The van der Waals surface area contributed by atoms with Gasteiger partial charge in [-0.05, 0) is 36.9 Å². The van der Waals surface area contributed by atoms with Gasteiger partial charge in [0.05, 0.1) is 19.6 Å². The number of hydrogen-bond acceptors (Lipinski definition) is 2. The third kappa shape index (κ3) is 4.25. The highest BCUT2D eigenvalue weighted by molar-refractivity contribution is 7.98. The van der Waals surface area contributed by atoms with Crippen LogP contribution in [0, 0.1) is 0 Å². The number of carbonyl (C=O) groups is 1. The lowest BCUT2D eigenvalue weighted by Gasteiger charge is -2.29. The molecule has 2 rings (SSSR count). The molecule has 1 saturated heterocycles. The van der Waals surface area contributed by atoms with Crippen LogP contribution in [0.1, 0.15) is 36.5 Å². The molecule has 1 aliphatic rings. The average molecular weight is 293 g/mol. The van der Waals surface area contributed by atoms with Gasteiger partial charge in [-0.25, -0.2) is 0 Å². The van der Waals surface area contributed by atoms with E-state index in [1.54, 1.807) is 16.7 Å². The van der Waals surface area contributed by atoms with Crippen LogP contribution in [0.25, 0.3) is 0 Å². The van der Waals surface area contributed by atoms with E-state index in [2.05, 4.69) is 12.2 Å². The van der Waals surface area contributed by atoms with E-state index in [0.717, 1.165) is 18.4 Å². The summed E-state index contributed by atoms with van der Waals surface area (Å²) in [6.45, 7) is 5.87. The van der Waals surface area contributed by atoms with Crippen molar-refractivity contribution in [1.29, 1.82) is 0 Å². The topological polar surface area (TPSA) is 33.5 Å². The molecule has 20 heavy (non-hydrogen) atoms. The molecule has 1 aliphatic heterocycles. The van der Waals surface area contributed by atoms with E-state index in [9.17, 15) is 4.79 Å². The highest BCUT2D eigenvalue weighted by atomic mass is 32.2. The second kappa shape index (κ2) is 7.70. The van der Waals surface area contributed by atoms with Crippen molar-refractivity contribution in [2.45, 2.75) is 37.1 Å². The molecule has 1 amide bonds. The maximum atomic E-state index is 12.2. The van der Waals surface area contributed by atoms with Crippen LogP contribution in [0.2, 0.25) is 0 Å². The number of benzene rings is 1. The minimum atomic E-state index is 0.0709. The summed E-state index contributed by atoms with van der Waals surface area (Å²) < 4.78 is 0. The predicted molar refractivity (Wildman–Crippen MR) is 84.6 cm³/mol. The van der Waals surface area contributed by atoms with Crippen molar-refractivity contribution >= 4 is 17.7 Å². The Morgan fingerprint density at radius 1 is 1.30 bits per heavy atom. The van der Waals surface area contributed by atoms with Gasteiger partial charge in [-0.15, -0.1) is 11.8 Å². The highest BCUT2D eigenvalue weighted by Gasteiger charge is 2.22. The largest absolute Gasteiger partial charge is 0.349 e. The number of quaternary nitrogens is 1. The maximum absolute atomic E-state index is 12.2. The molecule has 1 aromatic carbocycles. The monoisotopic (exact) mass is 293 g/mol. The van der Waals surface area contributed by atoms with Gasteiger partial charge in [-0.2, -0.15) is 0 Å². The second-order valence-corrected chi connectivity index (χ2v) is 6.36. The summed E-state index contributed by atoms with van der Waals surface area (Å²) >= 11 is 1.70. The number of piperidine rings is 1. The van der Waals surface area contributed by atoms with E-state index in [4.69, 9.17) is 0 Å². The lowest BCUT2D eigenvalue weighted by Crippen LogP contribution is -3.13. The van der Waals surface area contributed by atoms with Gasteiger partial charge in [0, 0.05) is 29.3 Å². The Labute approximate surface area is 126 Å². The smallest absolute Gasteiger partial charge is 0.251 e. The molecule has 0 atom stereocenters. The Balaban J connectivity index is 1.82. The number of likely N-dealkylation sites (tertiary alicyclic amines) is 1. The van der Waals surface area contributed by atoms with Crippen LogP contribution in [0.3, 0.4) is 0 Å². The molecule has 0 spiro atoms. The highest BCUT2D eigenvalue weighted by Crippen LogP contribution is 2.15. The zero-order valence-electron chi connectivity index (χ0n) is 12.4. The predicted octanol–water partition coefficient (Wildman–Crippen LogP) is 1.60. The summed E-state index contributed by atoms with van der Waals surface area (Å²) in [6, 6.07) is 8.20. The number of hydrogen-bond donors (Lipinski definition) is 2. The molecule has 1 aromatic rings. The van der Waals surface area contributed by atoms with Crippen molar-refractivity contribution in [3.63, 3.8) is 0 Å². The van der Waals surface area contributed by atoms with Gasteiger partial charge >= 0.3 is 0 Å². The van der Waals surface area contributed by atoms with Gasteiger partial charge in [-0.3, -0.25) is 4.79 Å². The van der Waals surface area contributed by atoms with Gasteiger partial charge in [0.15, 0.2) is 0 Å². The Kier molecular flexibility index (Phi) is 5.92. The van der Waals surface area contributed by atoms with Gasteiger partial charge in [0.2, 0.25) is 0 Å². The minimum Gasteiger partial charge on any atom is -0.349 e. The molecule has 3 nitrogen and oxygen atoms in total. The minimum absolute atomic E-state index is 0.0709. The summed E-state index contributed by atoms with van der Waals surface area (Å²) in [5, 5.41) is 3.18. The fourth-order valence-electron chi connectivity index (χ4n) is 2.79. The molecular formula is C16H25N2OS+. The van der Waals surface area contributed by atoms with Gasteiger partial charge in [-0.1, -0.05) is 6.92 Å². The number of rotatable bonds is 5. The molecule has 0 aliphatic carbocycles. The van der Waals surface area contributed by atoms with Crippen molar-refractivity contribution in [2.24, 2.45) is 0 Å². The van der Waals surface area contributed by atoms with E-state index in [1.807, 2.05) is 30.5 Å². The number of carbonyl (C=O) groups excluding carboxylic acids is 1. The third-order valence-corrected chi connectivity index (χ3v) is 4.73. The molecular weight excluding hydrogens is 268 g/mol. The SMILES string of the molecule is CCC[NH+]1CCC(NC(=O)c2ccc(SC)cc2)CC1. The van der Waals surface area contributed by atoms with Crippen LogP contribution >= 0.6 is 11.8 Å². The summed E-state index contributed by atoms with van der Waals surface area (Å²) in [5.74, 6) is 0.0709. The van der Waals surface area contributed by atoms with E-state index in [-0.39, 0.29) is 5.91 Å². The van der Waals surface area contributed by atoms with Crippen LogP contribution in [-0.4, -0.2) is 37.8 Å². The number of nitrogens with one attached hydrogen (secondary N) is 2. The van der Waals surface area contributed by atoms with Crippen molar-refractivity contribution in [3.8, 4) is 0 Å². The van der Waals surface area contributed by atoms with Crippen LogP contribution in [0.15, 0.2) is 29.2 Å². The summed E-state index contributed by atoms with van der Waals surface area (Å²) in [6.07, 6.45) is 5.49. The Hall–Kier alpha value is -1.00. The average Bonchev–Trinajstić information content (AvgIpc) is 2.49. The first kappa shape index (κ1) is 15.4. The van der Waals surface area contributed by atoms with Crippen molar-refractivity contribution in [1.82, 2.24) is 5.32 Å². The van der Waals surface area contributed by atoms with Gasteiger partial charge in [0.25, 0.3) is 5.91 Å².